The number of carbonyl (C=O) groups is 1. The summed E-state index contributed by atoms with van der Waals surface area (Å²) in [6.07, 6.45) is 3.22. The summed E-state index contributed by atoms with van der Waals surface area (Å²) in [5, 5.41) is 10.9. The molecule has 0 saturated carbocycles. The highest BCUT2D eigenvalue weighted by molar-refractivity contribution is 5.89. The standard InChI is InChI=1S/C27H31NO6/c1-4-11-32-27(31)19-5-7-20(8-6-19)34-24-16-33-26-21(25(24)30)9-10-23(29)22(26)15-28-13-17(2)12-18(3)14-28/h5-10,16-18,29H,4,11-15H2,1-3H3. The van der Waals surface area contributed by atoms with Gasteiger partial charge >= 0.3 is 5.97 Å². The Kier molecular flexibility index (Phi) is 7.22. The molecular weight excluding hydrogens is 434 g/mol. The minimum Gasteiger partial charge on any atom is -0.507 e. The van der Waals surface area contributed by atoms with Crippen molar-refractivity contribution >= 4 is 16.9 Å². The maximum atomic E-state index is 13.1. The number of carbonyl (C=O) groups excluding carboxylic acids is 1. The normalized spacial score (nSPS) is 18.7. The molecule has 0 amide bonds. The summed E-state index contributed by atoms with van der Waals surface area (Å²) >= 11 is 0. The molecule has 0 bridgehead atoms. The predicted molar refractivity (Wildman–Crippen MR) is 129 cm³/mol. The molecule has 1 aromatic heterocycles. The number of benzene rings is 2. The number of fused-ring (bicyclic) bond motifs is 1. The van der Waals surface area contributed by atoms with Crippen molar-refractivity contribution in [2.45, 2.75) is 40.2 Å². The summed E-state index contributed by atoms with van der Waals surface area (Å²) in [5.74, 6) is 1.30. The van der Waals surface area contributed by atoms with Crippen LogP contribution in [-0.4, -0.2) is 35.7 Å². The smallest absolute Gasteiger partial charge is 0.338 e. The van der Waals surface area contributed by atoms with Crippen LogP contribution < -0.4 is 10.2 Å². The first-order valence-electron chi connectivity index (χ1n) is 11.8. The minimum atomic E-state index is -0.400. The number of likely N-dealkylation sites (tertiary alicyclic amines) is 1. The molecule has 180 valence electrons. The van der Waals surface area contributed by atoms with Gasteiger partial charge in [0.2, 0.25) is 11.2 Å². The molecule has 1 N–H and O–H groups in total. The summed E-state index contributed by atoms with van der Waals surface area (Å²) < 4.78 is 16.7. The van der Waals surface area contributed by atoms with E-state index in [9.17, 15) is 14.7 Å². The van der Waals surface area contributed by atoms with Crippen molar-refractivity contribution < 1.29 is 23.8 Å². The Morgan fingerprint density at radius 3 is 2.50 bits per heavy atom. The number of hydrogen-bond acceptors (Lipinski definition) is 7. The minimum absolute atomic E-state index is 0.0330. The molecule has 4 rings (SSSR count). The first-order chi connectivity index (χ1) is 16.4. The Balaban J connectivity index is 1.57. The van der Waals surface area contributed by atoms with Gasteiger partial charge in [-0.15, -0.1) is 0 Å². The van der Waals surface area contributed by atoms with E-state index in [2.05, 4.69) is 18.7 Å². The zero-order valence-corrected chi connectivity index (χ0v) is 19.9. The van der Waals surface area contributed by atoms with E-state index in [1.807, 2.05) is 6.92 Å². The van der Waals surface area contributed by atoms with Crippen LogP contribution in [0, 0.1) is 11.8 Å². The number of hydrogen-bond donors (Lipinski definition) is 1. The molecule has 1 aliphatic rings. The van der Waals surface area contributed by atoms with Crippen LogP contribution in [0.2, 0.25) is 0 Å². The summed E-state index contributed by atoms with van der Waals surface area (Å²) in [6, 6.07) is 9.48. The van der Waals surface area contributed by atoms with Crippen molar-refractivity contribution in [3.05, 3.63) is 64.0 Å². The molecule has 0 spiro atoms. The van der Waals surface area contributed by atoms with Gasteiger partial charge in [0.05, 0.1) is 23.1 Å². The van der Waals surface area contributed by atoms with Crippen LogP contribution >= 0.6 is 0 Å². The van der Waals surface area contributed by atoms with E-state index in [-0.39, 0.29) is 16.9 Å². The molecule has 7 heteroatoms. The molecule has 0 aliphatic carbocycles. The molecular formula is C27H31NO6. The number of rotatable bonds is 7. The number of piperidine rings is 1. The summed E-state index contributed by atoms with van der Waals surface area (Å²) in [5.41, 5.74) is 1.07. The maximum absolute atomic E-state index is 13.1. The van der Waals surface area contributed by atoms with Gasteiger partial charge in [-0.2, -0.15) is 0 Å². The molecule has 3 aromatic rings. The lowest BCUT2D eigenvalue weighted by Gasteiger charge is -2.35. The maximum Gasteiger partial charge on any atom is 0.338 e. The van der Waals surface area contributed by atoms with Crippen LogP contribution in [0.1, 0.15) is 49.5 Å². The van der Waals surface area contributed by atoms with Gasteiger partial charge in [0, 0.05) is 19.6 Å². The monoisotopic (exact) mass is 465 g/mol. The fraction of sp³-hybridized carbons (Fsp3) is 0.407. The van der Waals surface area contributed by atoms with E-state index in [1.165, 1.54) is 18.8 Å². The highest BCUT2D eigenvalue weighted by Crippen LogP contribution is 2.31. The molecule has 1 saturated heterocycles. The topological polar surface area (TPSA) is 89.2 Å². The van der Waals surface area contributed by atoms with E-state index in [4.69, 9.17) is 13.9 Å². The first kappa shape index (κ1) is 23.8. The van der Waals surface area contributed by atoms with Crippen LogP contribution in [0.3, 0.4) is 0 Å². The fourth-order valence-electron chi connectivity index (χ4n) is 4.66. The van der Waals surface area contributed by atoms with Crippen LogP contribution in [0.15, 0.2) is 51.9 Å². The van der Waals surface area contributed by atoms with Crippen molar-refractivity contribution in [1.82, 2.24) is 4.90 Å². The third kappa shape index (κ3) is 5.25. The molecule has 2 aromatic carbocycles. The number of ether oxygens (including phenoxy) is 2. The third-order valence-corrected chi connectivity index (χ3v) is 6.07. The zero-order chi connectivity index (χ0) is 24.2. The molecule has 1 fully saturated rings. The third-order valence-electron chi connectivity index (χ3n) is 6.07. The Morgan fingerprint density at radius 1 is 1.12 bits per heavy atom. The van der Waals surface area contributed by atoms with E-state index in [0.717, 1.165) is 19.5 Å². The van der Waals surface area contributed by atoms with Crippen LogP contribution in [0.4, 0.5) is 0 Å². The van der Waals surface area contributed by atoms with Gasteiger partial charge < -0.3 is 19.0 Å². The SMILES string of the molecule is CCCOC(=O)c1ccc(Oc2coc3c(CN4CC(C)CC(C)C4)c(O)ccc3c2=O)cc1. The first-order valence-corrected chi connectivity index (χ1v) is 11.8. The summed E-state index contributed by atoms with van der Waals surface area (Å²) in [4.78, 5) is 27.4. The lowest BCUT2D eigenvalue weighted by Crippen LogP contribution is -2.38. The highest BCUT2D eigenvalue weighted by atomic mass is 16.5. The summed E-state index contributed by atoms with van der Waals surface area (Å²) in [6.45, 7) is 9.14. The van der Waals surface area contributed by atoms with E-state index < -0.39 is 5.97 Å². The predicted octanol–water partition coefficient (Wildman–Crippen LogP) is 5.34. The van der Waals surface area contributed by atoms with Crippen molar-refractivity contribution in [1.29, 1.82) is 0 Å². The van der Waals surface area contributed by atoms with Crippen molar-refractivity contribution in [3.8, 4) is 17.2 Å². The molecule has 7 nitrogen and oxygen atoms in total. The Morgan fingerprint density at radius 2 is 1.82 bits per heavy atom. The van der Waals surface area contributed by atoms with Gasteiger partial charge in [-0.1, -0.05) is 20.8 Å². The average Bonchev–Trinajstić information content (AvgIpc) is 2.81. The van der Waals surface area contributed by atoms with Crippen LogP contribution in [0.25, 0.3) is 11.0 Å². The molecule has 2 unspecified atom stereocenters. The lowest BCUT2D eigenvalue weighted by atomic mass is 9.91. The van der Waals surface area contributed by atoms with Crippen molar-refractivity contribution in [2.24, 2.45) is 11.8 Å². The second kappa shape index (κ2) is 10.3. The second-order valence-corrected chi connectivity index (χ2v) is 9.27. The van der Waals surface area contributed by atoms with Crippen molar-refractivity contribution in [2.75, 3.05) is 19.7 Å². The lowest BCUT2D eigenvalue weighted by molar-refractivity contribution is 0.0505. The largest absolute Gasteiger partial charge is 0.507 e. The van der Waals surface area contributed by atoms with Gasteiger partial charge in [0.25, 0.3) is 0 Å². The Labute approximate surface area is 198 Å². The quantitative estimate of drug-likeness (QED) is 0.471. The number of esters is 1. The van der Waals surface area contributed by atoms with E-state index in [1.54, 1.807) is 30.3 Å². The molecule has 2 heterocycles. The number of nitrogens with zero attached hydrogens (tertiary/aromatic N) is 1. The number of phenolic OH excluding ortho intramolecular Hbond substituents is 1. The van der Waals surface area contributed by atoms with Crippen molar-refractivity contribution in [3.63, 3.8) is 0 Å². The van der Waals surface area contributed by atoms with Gasteiger partial charge in [-0.05, 0) is 61.1 Å². The zero-order valence-electron chi connectivity index (χ0n) is 19.9. The Hall–Kier alpha value is -3.32. The fourth-order valence-corrected chi connectivity index (χ4v) is 4.66. The molecule has 0 radical (unpaired) electrons. The molecule has 2 atom stereocenters. The highest BCUT2D eigenvalue weighted by Gasteiger charge is 2.24. The van der Waals surface area contributed by atoms with Gasteiger partial charge in [-0.25, -0.2) is 4.79 Å². The summed E-state index contributed by atoms with van der Waals surface area (Å²) in [7, 11) is 0. The van der Waals surface area contributed by atoms with E-state index in [0.29, 0.717) is 52.8 Å². The van der Waals surface area contributed by atoms with E-state index >= 15 is 0 Å². The second-order valence-electron chi connectivity index (χ2n) is 9.27. The molecule has 34 heavy (non-hydrogen) atoms. The van der Waals surface area contributed by atoms with Crippen LogP contribution in [-0.2, 0) is 11.3 Å². The molecule has 1 aliphatic heterocycles. The van der Waals surface area contributed by atoms with Gasteiger partial charge in [0.15, 0.2) is 0 Å². The number of phenols is 1. The van der Waals surface area contributed by atoms with Gasteiger partial charge in [0.1, 0.15) is 23.3 Å². The Bertz CT molecular complexity index is 1210. The average molecular weight is 466 g/mol. The van der Waals surface area contributed by atoms with Gasteiger partial charge in [-0.3, -0.25) is 9.69 Å². The number of aromatic hydroxyl groups is 1. The van der Waals surface area contributed by atoms with Crippen LogP contribution in [0.5, 0.6) is 17.2 Å².